The fourth-order valence-electron chi connectivity index (χ4n) is 4.57. The predicted octanol–water partition coefficient (Wildman–Crippen LogP) is 6.69. The van der Waals surface area contributed by atoms with Crippen LogP contribution in [0.5, 0.6) is 0 Å². The van der Waals surface area contributed by atoms with E-state index in [0.717, 1.165) is 54.9 Å². The largest absolute Gasteiger partial charge is 0.455 e. The molecule has 130 valence electrons. The zero-order valence-electron chi connectivity index (χ0n) is 14.9. The van der Waals surface area contributed by atoms with E-state index >= 15 is 0 Å². The van der Waals surface area contributed by atoms with Gasteiger partial charge >= 0.3 is 0 Å². The van der Waals surface area contributed by atoms with Crippen molar-refractivity contribution in [2.45, 2.75) is 0 Å². The maximum atomic E-state index is 6.38. The molecule has 0 bridgehead atoms. The Hall–Kier alpha value is -3.85. The molecule has 3 heteroatoms. The average Bonchev–Trinajstić information content (AvgIpc) is 3.32. The second-order valence-corrected chi connectivity index (χ2v) is 7.24. The van der Waals surface area contributed by atoms with Gasteiger partial charge in [-0.15, -0.1) is 0 Å². The monoisotopic (exact) mass is 358 g/mol. The van der Waals surface area contributed by atoms with Gasteiger partial charge in [0, 0.05) is 21.5 Å². The fraction of sp³-hybridized carbons (Fsp3) is 0. The van der Waals surface area contributed by atoms with E-state index < -0.39 is 0 Å². The van der Waals surface area contributed by atoms with Gasteiger partial charge in [0.05, 0.1) is 16.6 Å². The van der Waals surface area contributed by atoms with E-state index in [1.165, 1.54) is 5.39 Å². The standard InChI is InChI=1S/C25H14N2O/c1-2-9-18-16(8-1)23-21(27-20-11-5-4-10-19(20)26-25(18)27)14-13-17-15-7-3-6-12-22(15)28-24(17)23/h1-14H. The van der Waals surface area contributed by atoms with E-state index in [4.69, 9.17) is 9.40 Å². The third-order valence-corrected chi connectivity index (χ3v) is 5.76. The lowest BCUT2D eigenvalue weighted by Gasteiger charge is -2.09. The molecule has 0 atom stereocenters. The first kappa shape index (κ1) is 14.2. The van der Waals surface area contributed by atoms with Gasteiger partial charge in [0.25, 0.3) is 0 Å². The van der Waals surface area contributed by atoms with Crippen LogP contribution in [0.4, 0.5) is 0 Å². The number of pyridine rings is 1. The number of para-hydroxylation sites is 3. The molecule has 0 aliphatic rings. The van der Waals surface area contributed by atoms with Crippen molar-refractivity contribution >= 4 is 60.3 Å². The van der Waals surface area contributed by atoms with Gasteiger partial charge in [-0.2, -0.15) is 0 Å². The second kappa shape index (κ2) is 4.90. The summed E-state index contributed by atoms with van der Waals surface area (Å²) in [7, 11) is 0. The van der Waals surface area contributed by atoms with E-state index in [2.05, 4.69) is 71.1 Å². The lowest BCUT2D eigenvalue weighted by molar-refractivity contribution is 0.673. The van der Waals surface area contributed by atoms with Crippen LogP contribution < -0.4 is 0 Å². The SMILES string of the molecule is c1ccc2c(c1)nc1c3ccccc3c3c4oc5ccccc5c4ccc3n21. The molecule has 7 rings (SSSR count). The summed E-state index contributed by atoms with van der Waals surface area (Å²) in [5, 5.41) is 5.75. The van der Waals surface area contributed by atoms with Crippen LogP contribution in [0.1, 0.15) is 0 Å². The average molecular weight is 358 g/mol. The van der Waals surface area contributed by atoms with Gasteiger partial charge in [-0.1, -0.05) is 54.6 Å². The number of imidazole rings is 1. The first-order valence-electron chi connectivity index (χ1n) is 9.42. The van der Waals surface area contributed by atoms with Crippen LogP contribution in [0.25, 0.3) is 60.3 Å². The van der Waals surface area contributed by atoms with Crippen LogP contribution in [0.2, 0.25) is 0 Å². The summed E-state index contributed by atoms with van der Waals surface area (Å²) in [6, 6.07) is 29.4. The van der Waals surface area contributed by atoms with Crippen molar-refractivity contribution in [2.24, 2.45) is 0 Å². The maximum absolute atomic E-state index is 6.38. The third kappa shape index (κ3) is 1.62. The van der Waals surface area contributed by atoms with E-state index in [1.807, 2.05) is 18.2 Å². The highest BCUT2D eigenvalue weighted by atomic mass is 16.3. The van der Waals surface area contributed by atoms with Gasteiger partial charge in [0.15, 0.2) is 0 Å². The molecule has 4 aromatic carbocycles. The molecule has 3 heterocycles. The minimum Gasteiger partial charge on any atom is -0.455 e. The number of hydrogen-bond donors (Lipinski definition) is 0. The number of furan rings is 1. The number of rotatable bonds is 0. The molecule has 28 heavy (non-hydrogen) atoms. The van der Waals surface area contributed by atoms with E-state index in [1.54, 1.807) is 0 Å². The third-order valence-electron chi connectivity index (χ3n) is 5.76. The van der Waals surface area contributed by atoms with Gasteiger partial charge in [0.1, 0.15) is 16.8 Å². The van der Waals surface area contributed by atoms with Gasteiger partial charge < -0.3 is 4.42 Å². The fourth-order valence-corrected chi connectivity index (χ4v) is 4.57. The summed E-state index contributed by atoms with van der Waals surface area (Å²) in [4.78, 5) is 4.95. The molecule has 0 N–H and O–H groups in total. The normalized spacial score (nSPS) is 12.3. The molecule has 0 radical (unpaired) electrons. The van der Waals surface area contributed by atoms with Gasteiger partial charge in [-0.05, 0) is 35.7 Å². The molecule has 0 aliphatic carbocycles. The van der Waals surface area contributed by atoms with E-state index in [0.29, 0.717) is 0 Å². The number of hydrogen-bond acceptors (Lipinski definition) is 2. The van der Waals surface area contributed by atoms with Crippen molar-refractivity contribution in [3.05, 3.63) is 84.9 Å². The Bertz CT molecular complexity index is 1720. The molecule has 3 nitrogen and oxygen atoms in total. The van der Waals surface area contributed by atoms with Crippen molar-refractivity contribution in [2.75, 3.05) is 0 Å². The van der Waals surface area contributed by atoms with Crippen molar-refractivity contribution < 1.29 is 4.42 Å². The quantitative estimate of drug-likeness (QED) is 0.283. The molecular weight excluding hydrogens is 344 g/mol. The van der Waals surface area contributed by atoms with Gasteiger partial charge in [-0.3, -0.25) is 4.40 Å². The van der Waals surface area contributed by atoms with Crippen LogP contribution in [0, 0.1) is 0 Å². The Balaban J connectivity index is 1.88. The highest BCUT2D eigenvalue weighted by Gasteiger charge is 2.17. The summed E-state index contributed by atoms with van der Waals surface area (Å²) in [6.45, 7) is 0. The summed E-state index contributed by atoms with van der Waals surface area (Å²) in [5.41, 5.74) is 6.08. The molecule has 0 amide bonds. The molecule has 0 spiro atoms. The van der Waals surface area contributed by atoms with Crippen LogP contribution in [-0.4, -0.2) is 9.38 Å². The Kier molecular flexibility index (Phi) is 2.49. The minimum atomic E-state index is 0.921. The Morgan fingerprint density at radius 3 is 2.29 bits per heavy atom. The van der Waals surface area contributed by atoms with Gasteiger partial charge in [-0.25, -0.2) is 4.98 Å². The Labute approximate surface area is 159 Å². The predicted molar refractivity (Wildman–Crippen MR) is 115 cm³/mol. The number of fused-ring (bicyclic) bond motifs is 12. The van der Waals surface area contributed by atoms with Crippen LogP contribution in [0.3, 0.4) is 0 Å². The van der Waals surface area contributed by atoms with E-state index in [-0.39, 0.29) is 0 Å². The topological polar surface area (TPSA) is 30.4 Å². The van der Waals surface area contributed by atoms with Crippen LogP contribution in [-0.2, 0) is 0 Å². The summed E-state index contributed by atoms with van der Waals surface area (Å²) in [5.74, 6) is 0. The Morgan fingerprint density at radius 2 is 1.36 bits per heavy atom. The Morgan fingerprint density at radius 1 is 0.607 bits per heavy atom. The van der Waals surface area contributed by atoms with Crippen molar-refractivity contribution in [3.8, 4) is 0 Å². The lowest BCUT2D eigenvalue weighted by Crippen LogP contribution is -1.91. The molecular formula is C25H14N2O. The van der Waals surface area contributed by atoms with Gasteiger partial charge in [0.2, 0.25) is 0 Å². The first-order valence-corrected chi connectivity index (χ1v) is 9.42. The molecule has 3 aromatic heterocycles. The molecule has 0 saturated carbocycles. The lowest BCUT2D eigenvalue weighted by atomic mass is 10.0. The highest BCUT2D eigenvalue weighted by Crippen LogP contribution is 2.39. The summed E-state index contributed by atoms with van der Waals surface area (Å²) < 4.78 is 8.64. The first-order chi connectivity index (χ1) is 13.9. The molecule has 0 aliphatic heterocycles. The van der Waals surface area contributed by atoms with Crippen molar-refractivity contribution in [3.63, 3.8) is 0 Å². The van der Waals surface area contributed by atoms with Crippen LogP contribution >= 0.6 is 0 Å². The smallest absolute Gasteiger partial charge is 0.146 e. The number of nitrogens with zero attached hydrogens (tertiary/aromatic N) is 2. The van der Waals surface area contributed by atoms with E-state index in [9.17, 15) is 0 Å². The second-order valence-electron chi connectivity index (χ2n) is 7.24. The summed E-state index contributed by atoms with van der Waals surface area (Å²) >= 11 is 0. The maximum Gasteiger partial charge on any atom is 0.146 e. The van der Waals surface area contributed by atoms with Crippen LogP contribution in [0.15, 0.2) is 89.3 Å². The highest BCUT2D eigenvalue weighted by molar-refractivity contribution is 6.24. The number of benzene rings is 4. The van der Waals surface area contributed by atoms with Crippen molar-refractivity contribution in [1.82, 2.24) is 9.38 Å². The number of aromatic nitrogens is 2. The molecule has 0 unspecified atom stereocenters. The zero-order chi connectivity index (χ0) is 18.2. The molecule has 0 fully saturated rings. The zero-order valence-corrected chi connectivity index (χ0v) is 14.9. The minimum absolute atomic E-state index is 0.921. The van der Waals surface area contributed by atoms with Crippen molar-refractivity contribution in [1.29, 1.82) is 0 Å². The summed E-state index contributed by atoms with van der Waals surface area (Å²) in [6.07, 6.45) is 0. The molecule has 0 saturated heterocycles. The molecule has 7 aromatic rings.